The highest BCUT2D eigenvalue weighted by Gasteiger charge is 2.56. The molecule has 52 heavy (non-hydrogen) atoms. The van der Waals surface area contributed by atoms with E-state index in [0.717, 1.165) is 83.7 Å². The van der Waals surface area contributed by atoms with Crippen LogP contribution in [0.5, 0.6) is 0 Å². The fourth-order valence-electron chi connectivity index (χ4n) is 7.63. The van der Waals surface area contributed by atoms with Crippen molar-refractivity contribution in [2.75, 3.05) is 38.2 Å². The number of carbonyl (C=O) groups excluding carboxylic acids is 2. The second-order valence-electron chi connectivity index (χ2n) is 14.5. The first-order valence-corrected chi connectivity index (χ1v) is 19.3. The maximum atomic E-state index is 13.8. The third kappa shape index (κ3) is 7.83. The normalized spacial score (nSPS) is 19.0. The summed E-state index contributed by atoms with van der Waals surface area (Å²) in [5, 5.41) is 19.7. The van der Waals surface area contributed by atoms with Crippen LogP contribution in [-0.2, 0) is 46.9 Å². The van der Waals surface area contributed by atoms with Gasteiger partial charge in [-0.3, -0.25) is 14.5 Å². The van der Waals surface area contributed by atoms with E-state index in [1.54, 1.807) is 0 Å². The fraction of sp³-hybridized carbons (Fsp3) is 0.500. The molecule has 0 radical (unpaired) electrons. The van der Waals surface area contributed by atoms with E-state index < -0.39 is 5.41 Å². The third-order valence-corrected chi connectivity index (χ3v) is 11.1. The molecule has 4 aromatic rings. The van der Waals surface area contributed by atoms with Crippen LogP contribution in [0.1, 0.15) is 68.8 Å². The summed E-state index contributed by atoms with van der Waals surface area (Å²) < 4.78 is 7.51. The summed E-state index contributed by atoms with van der Waals surface area (Å²) in [7, 11) is 0. The summed E-state index contributed by atoms with van der Waals surface area (Å²) in [4.78, 5) is 34.9. The highest BCUT2D eigenvalue weighted by atomic mass is 35.5. The van der Waals surface area contributed by atoms with E-state index in [1.165, 1.54) is 5.56 Å². The average molecular weight is 727 g/mol. The van der Waals surface area contributed by atoms with Gasteiger partial charge in [0.2, 0.25) is 11.8 Å². The minimum Gasteiger partial charge on any atom is -0.381 e. The Labute approximate surface area is 311 Å². The summed E-state index contributed by atoms with van der Waals surface area (Å²) in [6.07, 6.45) is 5.40. The van der Waals surface area contributed by atoms with E-state index in [4.69, 9.17) is 21.3 Å². The van der Waals surface area contributed by atoms with Crippen molar-refractivity contribution in [3.05, 3.63) is 76.1 Å². The second-order valence-corrected chi connectivity index (χ2v) is 15.0. The van der Waals surface area contributed by atoms with Crippen LogP contribution >= 0.6 is 11.6 Å². The standard InChI is InChI=1S/C40H51ClN8O3/c1-4-35-32(36(46-30-11-17-52-18-12-30)33-23-45-49(5-2)37(33)47-35)22-44-39(51)40(13-14-40)38(50)43-21-27-9-10-34(41)31(20-27)29-8-6-7-28(19-29)25-48-16-15-42-26(3)24-48/h6-10,19-20,23,26,30,42H,4-5,11-18,21-22,24-25H2,1-3H3,(H,43,50)(H,44,51)(H,46,47). The van der Waals surface area contributed by atoms with E-state index in [0.29, 0.717) is 56.6 Å². The average Bonchev–Trinajstić information content (AvgIpc) is 3.88. The Morgan fingerprint density at radius 1 is 1.04 bits per heavy atom. The number of aryl methyl sites for hydroxylation is 2. The third-order valence-electron chi connectivity index (χ3n) is 10.8. The second kappa shape index (κ2) is 15.9. The Morgan fingerprint density at radius 3 is 2.56 bits per heavy atom. The van der Waals surface area contributed by atoms with Gasteiger partial charge in [0.25, 0.3) is 0 Å². The first-order valence-electron chi connectivity index (χ1n) is 18.9. The smallest absolute Gasteiger partial charge is 0.235 e. The molecule has 2 amide bonds. The monoisotopic (exact) mass is 726 g/mol. The van der Waals surface area contributed by atoms with Gasteiger partial charge in [0.05, 0.1) is 17.3 Å². The molecule has 1 saturated carbocycles. The van der Waals surface area contributed by atoms with Gasteiger partial charge < -0.3 is 26.0 Å². The van der Waals surface area contributed by atoms with Gasteiger partial charge in [0, 0.05) is 93.0 Å². The van der Waals surface area contributed by atoms with Crippen LogP contribution < -0.4 is 21.3 Å². The van der Waals surface area contributed by atoms with Crippen LogP contribution in [0.2, 0.25) is 5.02 Å². The molecule has 7 rings (SSSR count). The van der Waals surface area contributed by atoms with Gasteiger partial charge in [-0.05, 0) is 80.8 Å². The molecule has 4 N–H and O–H groups in total. The molecule has 1 atom stereocenters. The minimum atomic E-state index is -1.07. The van der Waals surface area contributed by atoms with Gasteiger partial charge >= 0.3 is 0 Å². The number of halogens is 1. The molecule has 2 aromatic heterocycles. The molecule has 3 fully saturated rings. The van der Waals surface area contributed by atoms with Crippen LogP contribution in [0.4, 0.5) is 5.69 Å². The molecule has 2 aromatic carbocycles. The Hall–Kier alpha value is -4.03. The molecule has 0 bridgehead atoms. The summed E-state index contributed by atoms with van der Waals surface area (Å²) >= 11 is 6.72. The van der Waals surface area contributed by atoms with Crippen molar-refractivity contribution >= 4 is 40.1 Å². The summed E-state index contributed by atoms with van der Waals surface area (Å²) in [6.45, 7) is 13.0. The molecule has 11 nitrogen and oxygen atoms in total. The molecule has 1 unspecified atom stereocenters. The predicted octanol–water partition coefficient (Wildman–Crippen LogP) is 5.43. The zero-order valence-corrected chi connectivity index (χ0v) is 31.3. The van der Waals surface area contributed by atoms with E-state index >= 15 is 0 Å². The first kappa shape index (κ1) is 36.3. The Balaban J connectivity index is 1.02. The molecular formula is C40H51ClN8O3. The number of aromatic nitrogens is 3. The lowest BCUT2D eigenvalue weighted by Gasteiger charge is -2.31. The Kier molecular flexibility index (Phi) is 11.1. The molecule has 1 aliphatic carbocycles. The highest BCUT2D eigenvalue weighted by Crippen LogP contribution is 2.46. The largest absolute Gasteiger partial charge is 0.381 e. The lowest BCUT2D eigenvalue weighted by atomic mass is 10.00. The quantitative estimate of drug-likeness (QED) is 0.135. The lowest BCUT2D eigenvalue weighted by molar-refractivity contribution is -0.137. The number of nitrogens with one attached hydrogen (secondary N) is 4. The molecule has 2 saturated heterocycles. The number of nitrogens with zero attached hydrogens (tertiary/aromatic N) is 4. The number of hydrogen-bond donors (Lipinski definition) is 4. The zero-order chi connectivity index (χ0) is 36.2. The first-order chi connectivity index (χ1) is 25.3. The van der Waals surface area contributed by atoms with Crippen LogP contribution in [0.15, 0.2) is 48.7 Å². The summed E-state index contributed by atoms with van der Waals surface area (Å²) in [5.41, 5.74) is 6.72. The van der Waals surface area contributed by atoms with E-state index in [2.05, 4.69) is 76.3 Å². The topological polar surface area (TPSA) is 125 Å². The van der Waals surface area contributed by atoms with Gasteiger partial charge in [0.15, 0.2) is 5.65 Å². The number of ether oxygens (including phenoxy) is 1. The minimum absolute atomic E-state index is 0.247. The maximum Gasteiger partial charge on any atom is 0.235 e. The number of carbonyl (C=O) groups is 2. The summed E-state index contributed by atoms with van der Waals surface area (Å²) in [6, 6.07) is 15.1. The van der Waals surface area contributed by atoms with Crippen molar-refractivity contribution in [2.24, 2.45) is 5.41 Å². The molecule has 276 valence electrons. The number of anilines is 1. The number of piperazine rings is 1. The van der Waals surface area contributed by atoms with Gasteiger partial charge in [-0.1, -0.05) is 42.8 Å². The number of fused-ring (bicyclic) bond motifs is 1. The van der Waals surface area contributed by atoms with Crippen LogP contribution in [0.3, 0.4) is 0 Å². The van der Waals surface area contributed by atoms with Crippen LogP contribution in [0, 0.1) is 5.41 Å². The molecule has 2 aliphatic heterocycles. The Bertz CT molecular complexity index is 1920. The number of pyridine rings is 1. The number of benzene rings is 2. The van der Waals surface area contributed by atoms with Gasteiger partial charge in [-0.15, -0.1) is 0 Å². The van der Waals surface area contributed by atoms with Gasteiger partial charge in [-0.25, -0.2) is 9.67 Å². The Morgan fingerprint density at radius 2 is 1.83 bits per heavy atom. The van der Waals surface area contributed by atoms with Crippen molar-refractivity contribution in [3.63, 3.8) is 0 Å². The van der Waals surface area contributed by atoms with Crippen molar-refractivity contribution < 1.29 is 14.3 Å². The fourth-order valence-corrected chi connectivity index (χ4v) is 7.85. The van der Waals surface area contributed by atoms with Gasteiger partial charge in [0.1, 0.15) is 5.41 Å². The molecular weight excluding hydrogens is 676 g/mol. The SMILES string of the molecule is CCc1nc2c(cnn2CC)c(NC2CCOCC2)c1CNC(=O)C1(C(=O)NCc2ccc(Cl)c(-c3cccc(CN4CCNC(C)C4)c3)c2)CC1. The number of amides is 2. The molecule has 12 heteroatoms. The molecule has 0 spiro atoms. The van der Waals surface area contributed by atoms with E-state index in [-0.39, 0.29) is 24.4 Å². The van der Waals surface area contributed by atoms with Crippen molar-refractivity contribution in [1.82, 2.24) is 35.6 Å². The maximum absolute atomic E-state index is 13.8. The molecule has 3 aliphatic rings. The van der Waals surface area contributed by atoms with E-state index in [1.807, 2.05) is 29.1 Å². The van der Waals surface area contributed by atoms with Crippen molar-refractivity contribution in [2.45, 2.75) is 91.1 Å². The van der Waals surface area contributed by atoms with Gasteiger partial charge in [-0.2, -0.15) is 5.10 Å². The van der Waals surface area contributed by atoms with Crippen LogP contribution in [0.25, 0.3) is 22.2 Å². The lowest BCUT2D eigenvalue weighted by Crippen LogP contribution is -2.48. The van der Waals surface area contributed by atoms with E-state index in [9.17, 15) is 9.59 Å². The van der Waals surface area contributed by atoms with Crippen LogP contribution in [-0.4, -0.2) is 76.4 Å². The van der Waals surface area contributed by atoms with Crippen molar-refractivity contribution in [3.8, 4) is 11.1 Å². The highest BCUT2D eigenvalue weighted by molar-refractivity contribution is 6.33. The predicted molar refractivity (Wildman–Crippen MR) is 205 cm³/mol. The number of hydrogen-bond acceptors (Lipinski definition) is 8. The molecule has 4 heterocycles. The zero-order valence-electron chi connectivity index (χ0n) is 30.6. The number of rotatable bonds is 13. The van der Waals surface area contributed by atoms with Crippen molar-refractivity contribution in [1.29, 1.82) is 0 Å². The summed E-state index contributed by atoms with van der Waals surface area (Å²) in [5.74, 6) is -0.497.